The van der Waals surface area contributed by atoms with E-state index in [0.717, 1.165) is 11.3 Å². The summed E-state index contributed by atoms with van der Waals surface area (Å²) >= 11 is 0. The summed E-state index contributed by atoms with van der Waals surface area (Å²) in [6.07, 6.45) is 5.01. The van der Waals surface area contributed by atoms with Gasteiger partial charge < -0.3 is 18.9 Å². The van der Waals surface area contributed by atoms with Crippen molar-refractivity contribution in [1.82, 2.24) is 0 Å². The molecule has 0 unspecified atom stereocenters. The molecule has 138 valence electrons. The van der Waals surface area contributed by atoms with Crippen LogP contribution in [0.5, 0.6) is 17.2 Å². The topological polar surface area (TPSA) is 66.3 Å². The second-order valence-corrected chi connectivity index (χ2v) is 5.53. The average Bonchev–Trinajstić information content (AvgIpc) is 3.05. The Kier molecular flexibility index (Phi) is 5.56. The third-order valence-corrected chi connectivity index (χ3v) is 3.91. The zero-order chi connectivity index (χ0) is 19.2. The molecular weight excluding hydrogens is 346 g/mol. The molecule has 1 heterocycles. The molecule has 0 bridgehead atoms. The van der Waals surface area contributed by atoms with Crippen molar-refractivity contribution in [2.45, 2.75) is 0 Å². The van der Waals surface area contributed by atoms with Gasteiger partial charge in [-0.3, -0.25) is 0 Å². The molecule has 0 atom stereocenters. The van der Waals surface area contributed by atoms with E-state index in [-0.39, 0.29) is 11.6 Å². The smallest absolute Gasteiger partial charge is 0.363 e. The molecule has 3 rings (SSSR count). The third-order valence-electron chi connectivity index (χ3n) is 3.91. The van der Waals surface area contributed by atoms with E-state index >= 15 is 0 Å². The predicted molar refractivity (Wildman–Crippen MR) is 103 cm³/mol. The SMILES string of the molecule is COc1ccccc1/C=C/C1=NC(=C\c2cccc(OC)c2OC)/C(=O)O1. The fourth-order valence-corrected chi connectivity index (χ4v) is 2.64. The zero-order valence-corrected chi connectivity index (χ0v) is 15.3. The molecule has 0 radical (unpaired) electrons. The van der Waals surface area contributed by atoms with Gasteiger partial charge in [0.15, 0.2) is 17.2 Å². The number of carbonyl (C=O) groups excluding carboxylic acids is 1. The van der Waals surface area contributed by atoms with Crippen LogP contribution in [-0.2, 0) is 9.53 Å². The molecule has 27 heavy (non-hydrogen) atoms. The lowest BCUT2D eigenvalue weighted by Crippen LogP contribution is -2.01. The van der Waals surface area contributed by atoms with Crippen molar-refractivity contribution in [3.8, 4) is 17.2 Å². The van der Waals surface area contributed by atoms with Crippen molar-refractivity contribution in [2.75, 3.05) is 21.3 Å². The second-order valence-electron chi connectivity index (χ2n) is 5.53. The van der Waals surface area contributed by atoms with Crippen LogP contribution in [0.15, 0.2) is 59.2 Å². The molecule has 0 aliphatic carbocycles. The fourth-order valence-electron chi connectivity index (χ4n) is 2.64. The van der Waals surface area contributed by atoms with Gasteiger partial charge in [0.1, 0.15) is 5.75 Å². The summed E-state index contributed by atoms with van der Waals surface area (Å²) in [4.78, 5) is 16.4. The lowest BCUT2D eigenvalue weighted by molar-refractivity contribution is -0.129. The van der Waals surface area contributed by atoms with Gasteiger partial charge in [0, 0.05) is 17.2 Å². The number of hydrogen-bond donors (Lipinski definition) is 0. The van der Waals surface area contributed by atoms with Crippen LogP contribution >= 0.6 is 0 Å². The Morgan fingerprint density at radius 1 is 0.852 bits per heavy atom. The maximum Gasteiger partial charge on any atom is 0.363 e. The largest absolute Gasteiger partial charge is 0.496 e. The molecule has 6 nitrogen and oxygen atoms in total. The van der Waals surface area contributed by atoms with E-state index < -0.39 is 5.97 Å². The highest BCUT2D eigenvalue weighted by molar-refractivity contribution is 6.11. The van der Waals surface area contributed by atoms with Crippen molar-refractivity contribution in [3.05, 3.63) is 65.4 Å². The Hall–Kier alpha value is -3.54. The van der Waals surface area contributed by atoms with Crippen molar-refractivity contribution >= 4 is 24.0 Å². The number of rotatable bonds is 6. The second kappa shape index (κ2) is 8.23. The number of cyclic esters (lactones) is 1. The first kappa shape index (κ1) is 18.3. The molecule has 0 fully saturated rings. The van der Waals surface area contributed by atoms with E-state index in [0.29, 0.717) is 17.1 Å². The molecule has 2 aromatic rings. The highest BCUT2D eigenvalue weighted by Gasteiger charge is 2.22. The molecule has 0 amide bonds. The highest BCUT2D eigenvalue weighted by Crippen LogP contribution is 2.33. The zero-order valence-electron chi connectivity index (χ0n) is 15.3. The average molecular weight is 365 g/mol. The number of para-hydroxylation sites is 2. The molecule has 0 spiro atoms. The summed E-state index contributed by atoms with van der Waals surface area (Å²) in [5.41, 5.74) is 1.70. The van der Waals surface area contributed by atoms with Crippen molar-refractivity contribution in [1.29, 1.82) is 0 Å². The van der Waals surface area contributed by atoms with Gasteiger partial charge in [0.2, 0.25) is 5.90 Å². The highest BCUT2D eigenvalue weighted by atomic mass is 16.6. The molecule has 1 aliphatic rings. The normalized spacial score (nSPS) is 15.0. The van der Waals surface area contributed by atoms with Crippen LogP contribution in [0.2, 0.25) is 0 Å². The minimum atomic E-state index is -0.528. The minimum Gasteiger partial charge on any atom is -0.496 e. The van der Waals surface area contributed by atoms with Gasteiger partial charge in [0.05, 0.1) is 21.3 Å². The number of ether oxygens (including phenoxy) is 4. The Morgan fingerprint density at radius 2 is 1.56 bits per heavy atom. The first-order chi connectivity index (χ1) is 13.2. The fraction of sp³-hybridized carbons (Fsp3) is 0.143. The lowest BCUT2D eigenvalue weighted by Gasteiger charge is -2.09. The van der Waals surface area contributed by atoms with Gasteiger partial charge in [-0.2, -0.15) is 0 Å². The summed E-state index contributed by atoms with van der Waals surface area (Å²) in [5.74, 6) is 1.49. The molecule has 0 aromatic heterocycles. The van der Waals surface area contributed by atoms with E-state index in [1.807, 2.05) is 24.3 Å². The van der Waals surface area contributed by atoms with Crippen LogP contribution in [0.1, 0.15) is 11.1 Å². The van der Waals surface area contributed by atoms with E-state index in [1.54, 1.807) is 50.6 Å². The molecule has 0 saturated carbocycles. The molecule has 0 N–H and O–H groups in total. The summed E-state index contributed by atoms with van der Waals surface area (Å²) in [6.45, 7) is 0. The predicted octanol–water partition coefficient (Wildman–Crippen LogP) is 3.72. The number of benzene rings is 2. The standard InChI is InChI=1S/C21H19NO5/c1-24-17-9-5-4-7-14(17)11-12-19-22-16(21(23)27-19)13-15-8-6-10-18(25-2)20(15)26-3/h4-13H,1-3H3/b12-11+,16-13-. The number of hydrogen-bond acceptors (Lipinski definition) is 6. The summed E-state index contributed by atoms with van der Waals surface area (Å²) in [6, 6.07) is 12.9. The van der Waals surface area contributed by atoms with Gasteiger partial charge in [0.25, 0.3) is 0 Å². The summed E-state index contributed by atoms with van der Waals surface area (Å²) < 4.78 is 21.1. The van der Waals surface area contributed by atoms with Crippen LogP contribution < -0.4 is 14.2 Å². The molecule has 6 heteroatoms. The van der Waals surface area contributed by atoms with Crippen molar-refractivity contribution in [2.24, 2.45) is 4.99 Å². The van der Waals surface area contributed by atoms with Crippen LogP contribution in [0.25, 0.3) is 12.2 Å². The number of nitrogens with zero attached hydrogens (tertiary/aromatic N) is 1. The Bertz CT molecular complexity index is 943. The maximum atomic E-state index is 12.1. The van der Waals surface area contributed by atoms with E-state index in [2.05, 4.69) is 4.99 Å². The summed E-state index contributed by atoms with van der Waals surface area (Å²) in [7, 11) is 4.69. The molecule has 1 aliphatic heterocycles. The van der Waals surface area contributed by atoms with Gasteiger partial charge >= 0.3 is 5.97 Å². The van der Waals surface area contributed by atoms with Gasteiger partial charge in [-0.05, 0) is 24.3 Å². The van der Waals surface area contributed by atoms with Gasteiger partial charge in [-0.1, -0.05) is 30.3 Å². The van der Waals surface area contributed by atoms with Crippen LogP contribution in [0.4, 0.5) is 0 Å². The number of esters is 1. The first-order valence-electron chi connectivity index (χ1n) is 8.21. The van der Waals surface area contributed by atoms with Crippen LogP contribution in [-0.4, -0.2) is 33.2 Å². The Morgan fingerprint density at radius 3 is 2.30 bits per heavy atom. The Labute approximate surface area is 157 Å². The van der Waals surface area contributed by atoms with E-state index in [4.69, 9.17) is 18.9 Å². The van der Waals surface area contributed by atoms with E-state index in [9.17, 15) is 4.79 Å². The van der Waals surface area contributed by atoms with Crippen molar-refractivity contribution < 1.29 is 23.7 Å². The van der Waals surface area contributed by atoms with Gasteiger partial charge in [-0.25, -0.2) is 9.79 Å². The first-order valence-corrected chi connectivity index (χ1v) is 8.21. The summed E-state index contributed by atoms with van der Waals surface area (Å²) in [5, 5.41) is 0. The Balaban J connectivity index is 1.89. The van der Waals surface area contributed by atoms with Crippen molar-refractivity contribution in [3.63, 3.8) is 0 Å². The third kappa shape index (κ3) is 4.00. The molecule has 2 aromatic carbocycles. The molecular formula is C21H19NO5. The number of methoxy groups -OCH3 is 3. The quantitative estimate of drug-likeness (QED) is 0.577. The monoisotopic (exact) mass is 365 g/mol. The van der Waals surface area contributed by atoms with Gasteiger partial charge in [-0.15, -0.1) is 0 Å². The lowest BCUT2D eigenvalue weighted by atomic mass is 10.1. The minimum absolute atomic E-state index is 0.182. The number of carbonyl (C=O) groups is 1. The number of aliphatic imine (C=N–C) groups is 1. The maximum absolute atomic E-state index is 12.1. The van der Waals surface area contributed by atoms with Crippen LogP contribution in [0.3, 0.4) is 0 Å². The molecule has 0 saturated heterocycles. The van der Waals surface area contributed by atoms with Crippen LogP contribution in [0, 0.1) is 0 Å². The van der Waals surface area contributed by atoms with E-state index in [1.165, 1.54) is 7.11 Å².